The molecule has 1 atom stereocenters. The quantitative estimate of drug-likeness (QED) is 0.844. The maximum Gasteiger partial charge on any atom is 0.254 e. The first-order chi connectivity index (χ1) is 10.3. The molecule has 0 aliphatic carbocycles. The Bertz CT molecular complexity index is 683. The fourth-order valence-electron chi connectivity index (χ4n) is 2.56. The highest BCUT2D eigenvalue weighted by molar-refractivity contribution is 5.94. The van der Waals surface area contributed by atoms with Crippen molar-refractivity contribution in [1.29, 1.82) is 0 Å². The number of nitrogens with zero attached hydrogens (tertiary/aromatic N) is 2. The van der Waals surface area contributed by atoms with Crippen LogP contribution >= 0.6 is 0 Å². The minimum Gasteiger partial charge on any atom is -0.329 e. The van der Waals surface area contributed by atoms with Gasteiger partial charge in [-0.15, -0.1) is 0 Å². The average molecular weight is 284 g/mol. The molecule has 3 rings (SSSR count). The maximum absolute atomic E-state index is 12.7. The van der Waals surface area contributed by atoms with E-state index in [1.54, 1.807) is 23.4 Å². The molecule has 1 unspecified atom stereocenters. The lowest BCUT2D eigenvalue weighted by Gasteiger charge is -2.36. The summed E-state index contributed by atoms with van der Waals surface area (Å²) in [6.45, 7) is 2.03. The molecule has 1 saturated heterocycles. The van der Waals surface area contributed by atoms with Crippen LogP contribution in [0.1, 0.15) is 22.0 Å². The Hall–Kier alpha value is -2.47. The van der Waals surface area contributed by atoms with Crippen LogP contribution in [0.5, 0.6) is 0 Å². The van der Waals surface area contributed by atoms with Gasteiger partial charge in [-0.1, -0.05) is 6.07 Å². The molecule has 0 aromatic carbocycles. The monoisotopic (exact) mass is 284 g/mol. The zero-order valence-corrected chi connectivity index (χ0v) is 11.5. The summed E-state index contributed by atoms with van der Waals surface area (Å²) in [7, 11) is 0. The van der Waals surface area contributed by atoms with Crippen molar-refractivity contribution in [3.8, 4) is 0 Å². The molecule has 3 heterocycles. The smallest absolute Gasteiger partial charge is 0.254 e. The number of pyridine rings is 2. The summed E-state index contributed by atoms with van der Waals surface area (Å²) < 4.78 is 0. The fraction of sp³-hybridized carbons (Fsp3) is 0.267. The highest BCUT2D eigenvalue weighted by Crippen LogP contribution is 2.23. The van der Waals surface area contributed by atoms with Gasteiger partial charge < -0.3 is 15.2 Å². The predicted molar refractivity (Wildman–Crippen MR) is 77.9 cm³/mol. The van der Waals surface area contributed by atoms with E-state index in [-0.39, 0.29) is 17.5 Å². The number of hydrogen-bond acceptors (Lipinski definition) is 4. The number of hydrogen-bond donors (Lipinski definition) is 2. The molecule has 2 aromatic rings. The van der Waals surface area contributed by atoms with E-state index in [0.717, 1.165) is 12.1 Å². The van der Waals surface area contributed by atoms with Gasteiger partial charge in [-0.05, 0) is 17.7 Å². The first kappa shape index (κ1) is 13.5. The summed E-state index contributed by atoms with van der Waals surface area (Å²) in [5.41, 5.74) is 1.13. The van der Waals surface area contributed by atoms with Crippen LogP contribution in [-0.4, -0.2) is 40.4 Å². The first-order valence-electron chi connectivity index (χ1n) is 6.86. The summed E-state index contributed by atoms with van der Waals surface area (Å²) in [5, 5.41) is 3.29. The van der Waals surface area contributed by atoms with Crippen LogP contribution in [0, 0.1) is 0 Å². The van der Waals surface area contributed by atoms with E-state index in [2.05, 4.69) is 15.3 Å². The lowest BCUT2D eigenvalue weighted by Crippen LogP contribution is -2.48. The molecule has 1 amide bonds. The Labute approximate surface area is 121 Å². The van der Waals surface area contributed by atoms with Crippen molar-refractivity contribution < 1.29 is 4.79 Å². The van der Waals surface area contributed by atoms with Gasteiger partial charge in [-0.25, -0.2) is 0 Å². The minimum absolute atomic E-state index is 0.0702. The largest absolute Gasteiger partial charge is 0.329 e. The van der Waals surface area contributed by atoms with Crippen molar-refractivity contribution in [2.75, 3.05) is 19.6 Å². The second-order valence-corrected chi connectivity index (χ2v) is 4.95. The second kappa shape index (κ2) is 5.88. The molecule has 1 aliphatic heterocycles. The molecule has 0 spiro atoms. The number of aromatic nitrogens is 2. The number of carbonyl (C=O) groups excluding carboxylic acids is 1. The normalized spacial score (nSPS) is 18.5. The molecule has 6 heteroatoms. The molecule has 2 aromatic heterocycles. The summed E-state index contributed by atoms with van der Waals surface area (Å²) in [6, 6.07) is 6.72. The molecule has 2 N–H and O–H groups in total. The lowest BCUT2D eigenvalue weighted by molar-refractivity contribution is 0.0633. The average Bonchev–Trinajstić information content (AvgIpc) is 2.55. The molecule has 1 aliphatic rings. The van der Waals surface area contributed by atoms with E-state index in [1.165, 1.54) is 12.3 Å². The molecule has 1 fully saturated rings. The zero-order valence-electron chi connectivity index (χ0n) is 11.5. The molecule has 0 saturated carbocycles. The van der Waals surface area contributed by atoms with E-state index in [4.69, 9.17) is 0 Å². The van der Waals surface area contributed by atoms with Gasteiger partial charge in [-0.3, -0.25) is 14.6 Å². The van der Waals surface area contributed by atoms with Crippen molar-refractivity contribution in [2.45, 2.75) is 6.04 Å². The Kier molecular flexibility index (Phi) is 3.79. The molecule has 21 heavy (non-hydrogen) atoms. The van der Waals surface area contributed by atoms with Crippen LogP contribution in [0.25, 0.3) is 0 Å². The van der Waals surface area contributed by atoms with Crippen molar-refractivity contribution in [2.24, 2.45) is 0 Å². The zero-order chi connectivity index (χ0) is 14.7. The molecule has 6 nitrogen and oxygen atoms in total. The third-order valence-electron chi connectivity index (χ3n) is 3.60. The third kappa shape index (κ3) is 2.85. The highest BCUT2D eigenvalue weighted by Gasteiger charge is 2.28. The van der Waals surface area contributed by atoms with Gasteiger partial charge in [0, 0.05) is 49.9 Å². The van der Waals surface area contributed by atoms with Gasteiger partial charge in [0.05, 0.1) is 6.04 Å². The number of amides is 1. The van der Waals surface area contributed by atoms with Gasteiger partial charge >= 0.3 is 0 Å². The van der Waals surface area contributed by atoms with E-state index in [0.29, 0.717) is 18.7 Å². The van der Waals surface area contributed by atoms with Crippen LogP contribution < -0.4 is 10.9 Å². The standard InChI is InChI=1S/C15H16N4O2/c20-14-8-11(3-5-18-14)15(21)19-7-6-17-10-13(19)12-2-1-4-16-9-12/h1-5,8-9,13,17H,6-7,10H2,(H,18,20). The molecule has 0 bridgehead atoms. The number of aromatic amines is 1. The van der Waals surface area contributed by atoms with Gasteiger partial charge in [0.25, 0.3) is 5.91 Å². The van der Waals surface area contributed by atoms with Crippen LogP contribution in [0.15, 0.2) is 47.7 Å². The van der Waals surface area contributed by atoms with Crippen LogP contribution in [0.2, 0.25) is 0 Å². The Morgan fingerprint density at radius 2 is 2.29 bits per heavy atom. The Balaban J connectivity index is 1.91. The number of H-pyrrole nitrogens is 1. The highest BCUT2D eigenvalue weighted by atomic mass is 16.2. The van der Waals surface area contributed by atoms with E-state index in [9.17, 15) is 9.59 Å². The van der Waals surface area contributed by atoms with Crippen molar-refractivity contribution in [3.63, 3.8) is 0 Å². The van der Waals surface area contributed by atoms with Crippen molar-refractivity contribution in [3.05, 3.63) is 64.3 Å². The van der Waals surface area contributed by atoms with E-state index in [1.807, 2.05) is 12.1 Å². The van der Waals surface area contributed by atoms with Crippen molar-refractivity contribution >= 4 is 5.91 Å². The molecular formula is C15H16N4O2. The van der Waals surface area contributed by atoms with Crippen LogP contribution in [0.4, 0.5) is 0 Å². The third-order valence-corrected chi connectivity index (χ3v) is 3.60. The SMILES string of the molecule is O=C(c1cc[nH]c(=O)c1)N1CCNCC1c1cccnc1. The van der Waals surface area contributed by atoms with Gasteiger partial charge in [0.1, 0.15) is 0 Å². The first-order valence-corrected chi connectivity index (χ1v) is 6.86. The summed E-state index contributed by atoms with van der Waals surface area (Å²) in [6.07, 6.45) is 4.98. The van der Waals surface area contributed by atoms with E-state index >= 15 is 0 Å². The summed E-state index contributed by atoms with van der Waals surface area (Å²) >= 11 is 0. The number of piperazine rings is 1. The topological polar surface area (TPSA) is 78.1 Å². The predicted octanol–water partition coefficient (Wildman–Crippen LogP) is 0.557. The van der Waals surface area contributed by atoms with Crippen LogP contribution in [-0.2, 0) is 0 Å². The number of rotatable bonds is 2. The maximum atomic E-state index is 12.7. The number of carbonyl (C=O) groups is 1. The van der Waals surface area contributed by atoms with Gasteiger partial charge in [0.15, 0.2) is 0 Å². The van der Waals surface area contributed by atoms with Gasteiger partial charge in [-0.2, -0.15) is 0 Å². The van der Waals surface area contributed by atoms with Crippen LogP contribution in [0.3, 0.4) is 0 Å². The fourth-order valence-corrected chi connectivity index (χ4v) is 2.56. The summed E-state index contributed by atoms with van der Waals surface area (Å²) in [4.78, 5) is 32.5. The number of nitrogens with one attached hydrogen (secondary N) is 2. The molecular weight excluding hydrogens is 268 g/mol. The Morgan fingerprint density at radius 3 is 3.05 bits per heavy atom. The van der Waals surface area contributed by atoms with E-state index < -0.39 is 0 Å². The molecule has 108 valence electrons. The minimum atomic E-state index is -0.270. The lowest BCUT2D eigenvalue weighted by atomic mass is 10.0. The van der Waals surface area contributed by atoms with Gasteiger partial charge in [0.2, 0.25) is 5.56 Å². The van der Waals surface area contributed by atoms with Crippen molar-refractivity contribution in [1.82, 2.24) is 20.2 Å². The second-order valence-electron chi connectivity index (χ2n) is 4.95. The Morgan fingerprint density at radius 1 is 1.38 bits per heavy atom. The molecule has 0 radical (unpaired) electrons. The summed E-state index contributed by atoms with van der Waals surface area (Å²) in [5.74, 6) is -0.128.